The van der Waals surface area contributed by atoms with Crippen LogP contribution in [0, 0.1) is 0 Å². The second-order valence-electron chi connectivity index (χ2n) is 5.81. The largest absolute Gasteiger partial charge is 0.0795 e. The van der Waals surface area contributed by atoms with Crippen molar-refractivity contribution < 1.29 is 0 Å². The smallest absolute Gasteiger partial charge is 0.00818 e. The van der Waals surface area contributed by atoms with E-state index in [1.54, 1.807) is 0 Å². The van der Waals surface area contributed by atoms with Gasteiger partial charge < -0.3 is 0 Å². The molecule has 4 aromatic rings. The van der Waals surface area contributed by atoms with Gasteiger partial charge in [-0.05, 0) is 45.2 Å². The topological polar surface area (TPSA) is 0 Å². The molecule has 0 atom stereocenters. The lowest BCUT2D eigenvalue weighted by Crippen LogP contribution is -1.88. The normalized spacial score (nSPS) is 11.5. The highest BCUT2D eigenvalue weighted by Gasteiger charge is 2.05. The molecule has 23 heavy (non-hydrogen) atoms. The molecule has 0 radical (unpaired) electrons. The summed E-state index contributed by atoms with van der Waals surface area (Å²) in [5.41, 5.74) is 2.66. The van der Waals surface area contributed by atoms with E-state index in [4.69, 9.17) is 0 Å². The summed E-state index contributed by atoms with van der Waals surface area (Å²) >= 11 is 0. The van der Waals surface area contributed by atoms with Crippen LogP contribution in [0.25, 0.3) is 27.6 Å². The fourth-order valence-corrected chi connectivity index (χ4v) is 3.20. The SMILES string of the molecule is C(=Cc1ccccc1)Cc1c2ccccc2cc2ccccc12. The summed E-state index contributed by atoms with van der Waals surface area (Å²) in [6, 6.07) is 30.1. The van der Waals surface area contributed by atoms with E-state index in [1.165, 1.54) is 32.7 Å². The Balaban J connectivity index is 1.81. The van der Waals surface area contributed by atoms with Crippen LogP contribution in [0.3, 0.4) is 0 Å². The van der Waals surface area contributed by atoms with Crippen molar-refractivity contribution in [2.75, 3.05) is 0 Å². The lowest BCUT2D eigenvalue weighted by Gasteiger charge is -2.10. The Hall–Kier alpha value is -2.86. The minimum atomic E-state index is 0.941. The molecule has 0 aliphatic rings. The van der Waals surface area contributed by atoms with Crippen LogP contribution in [0.4, 0.5) is 0 Å². The maximum absolute atomic E-state index is 2.29. The first-order valence-corrected chi connectivity index (χ1v) is 8.03. The van der Waals surface area contributed by atoms with Gasteiger partial charge in [0.25, 0.3) is 0 Å². The Bertz CT molecular complexity index is 924. The Kier molecular flexibility index (Phi) is 3.65. The maximum atomic E-state index is 2.29. The molecule has 0 N–H and O–H groups in total. The van der Waals surface area contributed by atoms with Gasteiger partial charge in [-0.25, -0.2) is 0 Å². The Morgan fingerprint density at radius 2 is 1.17 bits per heavy atom. The zero-order valence-electron chi connectivity index (χ0n) is 12.9. The average Bonchev–Trinajstić information content (AvgIpc) is 2.62. The van der Waals surface area contributed by atoms with Gasteiger partial charge in [0.1, 0.15) is 0 Å². The van der Waals surface area contributed by atoms with Crippen LogP contribution in [-0.4, -0.2) is 0 Å². The van der Waals surface area contributed by atoms with E-state index in [0.717, 1.165) is 6.42 Å². The predicted octanol–water partition coefficient (Wildman–Crippen LogP) is 6.25. The molecule has 110 valence electrons. The molecule has 0 aliphatic heterocycles. The highest BCUT2D eigenvalue weighted by molar-refractivity contribution is 6.02. The summed E-state index contributed by atoms with van der Waals surface area (Å²) in [6.07, 6.45) is 5.41. The summed E-state index contributed by atoms with van der Waals surface area (Å²) in [7, 11) is 0. The van der Waals surface area contributed by atoms with E-state index >= 15 is 0 Å². The second-order valence-corrected chi connectivity index (χ2v) is 5.81. The van der Waals surface area contributed by atoms with Crippen molar-refractivity contribution in [2.45, 2.75) is 6.42 Å². The minimum absolute atomic E-state index is 0.941. The first-order valence-electron chi connectivity index (χ1n) is 8.03. The van der Waals surface area contributed by atoms with Crippen LogP contribution >= 0.6 is 0 Å². The molecule has 0 saturated heterocycles. The molecule has 0 spiro atoms. The number of hydrogen-bond acceptors (Lipinski definition) is 0. The first kappa shape index (κ1) is 13.8. The van der Waals surface area contributed by atoms with Crippen molar-refractivity contribution in [3.63, 3.8) is 0 Å². The predicted molar refractivity (Wildman–Crippen MR) is 101 cm³/mol. The minimum Gasteiger partial charge on any atom is -0.0795 e. The van der Waals surface area contributed by atoms with E-state index in [2.05, 4.69) is 97.1 Å². The molecule has 0 bridgehead atoms. The van der Waals surface area contributed by atoms with Gasteiger partial charge in [0, 0.05) is 0 Å². The van der Waals surface area contributed by atoms with Crippen molar-refractivity contribution in [1.29, 1.82) is 0 Å². The van der Waals surface area contributed by atoms with Crippen LogP contribution in [0.5, 0.6) is 0 Å². The van der Waals surface area contributed by atoms with Crippen LogP contribution < -0.4 is 0 Å². The van der Waals surface area contributed by atoms with E-state index in [0.29, 0.717) is 0 Å². The number of hydrogen-bond donors (Lipinski definition) is 0. The Labute approximate surface area is 136 Å². The maximum Gasteiger partial charge on any atom is -0.00818 e. The molecule has 0 nitrogen and oxygen atoms in total. The van der Waals surface area contributed by atoms with E-state index in [9.17, 15) is 0 Å². The molecule has 0 aromatic heterocycles. The summed E-state index contributed by atoms with van der Waals surface area (Å²) in [6.45, 7) is 0. The van der Waals surface area contributed by atoms with Crippen molar-refractivity contribution >= 4 is 27.6 Å². The van der Waals surface area contributed by atoms with Crippen molar-refractivity contribution in [3.8, 4) is 0 Å². The first-order chi connectivity index (χ1) is 11.4. The molecule has 0 aliphatic carbocycles. The summed E-state index contributed by atoms with van der Waals surface area (Å²) in [5.74, 6) is 0. The molecule has 0 amide bonds. The monoisotopic (exact) mass is 294 g/mol. The zero-order chi connectivity index (χ0) is 15.5. The van der Waals surface area contributed by atoms with Crippen LogP contribution in [0.2, 0.25) is 0 Å². The quantitative estimate of drug-likeness (QED) is 0.392. The molecule has 0 fully saturated rings. The summed E-state index contributed by atoms with van der Waals surface area (Å²) in [4.78, 5) is 0. The van der Waals surface area contributed by atoms with Gasteiger partial charge in [0.05, 0.1) is 0 Å². The molecule has 0 heteroatoms. The number of allylic oxidation sites excluding steroid dienone is 1. The van der Waals surface area contributed by atoms with E-state index in [-0.39, 0.29) is 0 Å². The molecule has 0 heterocycles. The fourth-order valence-electron chi connectivity index (χ4n) is 3.20. The molecule has 4 aromatic carbocycles. The number of fused-ring (bicyclic) bond motifs is 2. The average molecular weight is 294 g/mol. The molecular formula is C23H18. The van der Waals surface area contributed by atoms with E-state index in [1.807, 2.05) is 0 Å². The van der Waals surface area contributed by atoms with Crippen LogP contribution in [0.1, 0.15) is 11.1 Å². The molecular weight excluding hydrogens is 276 g/mol. The van der Waals surface area contributed by atoms with E-state index < -0.39 is 0 Å². The van der Waals surface area contributed by atoms with Gasteiger partial charge in [0.2, 0.25) is 0 Å². The van der Waals surface area contributed by atoms with Gasteiger partial charge >= 0.3 is 0 Å². The van der Waals surface area contributed by atoms with Gasteiger partial charge in [-0.3, -0.25) is 0 Å². The highest BCUT2D eigenvalue weighted by Crippen LogP contribution is 2.29. The van der Waals surface area contributed by atoms with Gasteiger partial charge in [-0.1, -0.05) is 91.0 Å². The van der Waals surface area contributed by atoms with Gasteiger partial charge in [-0.2, -0.15) is 0 Å². The lowest BCUT2D eigenvalue weighted by atomic mass is 9.94. The molecule has 4 rings (SSSR count). The van der Waals surface area contributed by atoms with Crippen LogP contribution in [-0.2, 0) is 6.42 Å². The number of rotatable bonds is 3. The summed E-state index contributed by atoms with van der Waals surface area (Å²) in [5, 5.41) is 5.33. The fraction of sp³-hybridized carbons (Fsp3) is 0.0435. The molecule has 0 saturated carbocycles. The summed E-state index contributed by atoms with van der Waals surface area (Å²) < 4.78 is 0. The standard InChI is InChI=1S/C23H18/c1-2-9-18(10-3-1)11-8-16-23-21-14-6-4-12-19(21)17-20-13-5-7-15-22(20)23/h1-15,17H,16H2. The van der Waals surface area contributed by atoms with Gasteiger partial charge in [-0.15, -0.1) is 0 Å². The number of benzene rings is 4. The van der Waals surface area contributed by atoms with Crippen LogP contribution in [0.15, 0.2) is 91.0 Å². The third-order valence-corrected chi connectivity index (χ3v) is 4.31. The van der Waals surface area contributed by atoms with Crippen molar-refractivity contribution in [2.24, 2.45) is 0 Å². The third-order valence-electron chi connectivity index (χ3n) is 4.31. The highest BCUT2D eigenvalue weighted by atomic mass is 14.1. The van der Waals surface area contributed by atoms with Gasteiger partial charge in [0.15, 0.2) is 0 Å². The van der Waals surface area contributed by atoms with Crippen molar-refractivity contribution in [3.05, 3.63) is 102 Å². The zero-order valence-corrected chi connectivity index (χ0v) is 12.9. The Morgan fingerprint density at radius 3 is 1.83 bits per heavy atom. The Morgan fingerprint density at radius 1 is 0.609 bits per heavy atom. The second kappa shape index (κ2) is 6.10. The molecule has 0 unspecified atom stereocenters. The lowest BCUT2D eigenvalue weighted by molar-refractivity contribution is 1.34. The van der Waals surface area contributed by atoms with Crippen molar-refractivity contribution in [1.82, 2.24) is 0 Å². The third kappa shape index (κ3) is 2.76.